The molecule has 0 spiro atoms. The van der Waals surface area contributed by atoms with Crippen LogP contribution in [0, 0.1) is 11.3 Å². The Labute approximate surface area is 85.4 Å². The lowest BCUT2D eigenvalue weighted by Gasteiger charge is -2.39. The summed E-state index contributed by atoms with van der Waals surface area (Å²) in [5.41, 5.74) is 0. The predicted molar refractivity (Wildman–Crippen MR) is 52.7 cm³/mol. The summed E-state index contributed by atoms with van der Waals surface area (Å²) in [6.07, 6.45) is 2.36. The van der Waals surface area contributed by atoms with E-state index in [0.29, 0.717) is 6.42 Å². The van der Waals surface area contributed by atoms with E-state index < -0.39 is 0 Å². The van der Waals surface area contributed by atoms with Gasteiger partial charge in [-0.1, -0.05) is 0 Å². The maximum absolute atomic E-state index is 8.47. The summed E-state index contributed by atoms with van der Waals surface area (Å²) in [4.78, 5) is 2.28. The van der Waals surface area contributed by atoms with Gasteiger partial charge in [0.1, 0.15) is 0 Å². The van der Waals surface area contributed by atoms with Crippen LogP contribution in [0.1, 0.15) is 19.3 Å². The summed E-state index contributed by atoms with van der Waals surface area (Å²) in [5, 5.41) is 8.47. The van der Waals surface area contributed by atoms with Gasteiger partial charge >= 0.3 is 0 Å². The molecule has 0 radical (unpaired) electrons. The van der Waals surface area contributed by atoms with Crippen molar-refractivity contribution in [3.63, 3.8) is 0 Å². The molecule has 0 unspecified atom stereocenters. The van der Waals surface area contributed by atoms with Crippen molar-refractivity contribution >= 4 is 0 Å². The highest BCUT2D eigenvalue weighted by molar-refractivity contribution is 4.81. The summed E-state index contributed by atoms with van der Waals surface area (Å²) >= 11 is 0. The third-order valence-electron chi connectivity index (χ3n) is 2.90. The highest BCUT2D eigenvalue weighted by Crippen LogP contribution is 2.26. The van der Waals surface area contributed by atoms with Gasteiger partial charge in [0.15, 0.2) is 5.79 Å². The Hall–Kier alpha value is -0.630. The van der Waals surface area contributed by atoms with Crippen LogP contribution in [0.4, 0.5) is 0 Å². The molecule has 0 aromatic heterocycles. The molecule has 0 amide bonds. The van der Waals surface area contributed by atoms with Crippen LogP contribution in [-0.4, -0.2) is 44.5 Å². The summed E-state index contributed by atoms with van der Waals surface area (Å²) in [6.45, 7) is 2.76. The number of hydrogen-bond donors (Lipinski definition) is 0. The number of ether oxygens (including phenoxy) is 2. The highest BCUT2D eigenvalue weighted by Gasteiger charge is 2.34. The Kier molecular flexibility index (Phi) is 4.33. The van der Waals surface area contributed by atoms with Gasteiger partial charge in [0.05, 0.1) is 6.07 Å². The average Bonchev–Trinajstić information content (AvgIpc) is 2.27. The number of likely N-dealkylation sites (tertiary alicyclic amines) is 1. The number of rotatable bonds is 4. The molecule has 0 bridgehead atoms. The first kappa shape index (κ1) is 11.4. The third kappa shape index (κ3) is 2.68. The second-order valence-corrected chi connectivity index (χ2v) is 3.57. The minimum Gasteiger partial charge on any atom is -0.353 e. The fourth-order valence-electron chi connectivity index (χ4n) is 1.82. The van der Waals surface area contributed by atoms with Crippen molar-refractivity contribution in [2.45, 2.75) is 25.0 Å². The Morgan fingerprint density at radius 3 is 2.29 bits per heavy atom. The minimum atomic E-state index is -0.386. The molecule has 0 aromatic carbocycles. The SMILES string of the molecule is COC1(OC)CCN(CCC#N)CC1. The third-order valence-corrected chi connectivity index (χ3v) is 2.90. The first-order chi connectivity index (χ1) is 6.76. The molecule has 0 saturated carbocycles. The molecule has 1 fully saturated rings. The molecular weight excluding hydrogens is 180 g/mol. The lowest BCUT2D eigenvalue weighted by Crippen LogP contribution is -2.46. The minimum absolute atomic E-state index is 0.386. The van der Waals surface area contributed by atoms with Crippen LogP contribution in [0.3, 0.4) is 0 Å². The molecule has 1 heterocycles. The van der Waals surface area contributed by atoms with Gasteiger partial charge in [0.2, 0.25) is 0 Å². The fraction of sp³-hybridized carbons (Fsp3) is 0.900. The van der Waals surface area contributed by atoms with Crippen molar-refractivity contribution in [3.05, 3.63) is 0 Å². The van der Waals surface area contributed by atoms with Crippen LogP contribution in [0.2, 0.25) is 0 Å². The summed E-state index contributed by atoms with van der Waals surface area (Å²) in [5.74, 6) is -0.386. The molecule has 1 aliphatic heterocycles. The van der Waals surface area contributed by atoms with E-state index in [1.165, 1.54) is 0 Å². The van der Waals surface area contributed by atoms with E-state index in [9.17, 15) is 0 Å². The zero-order valence-corrected chi connectivity index (χ0v) is 8.95. The largest absolute Gasteiger partial charge is 0.353 e. The Bertz CT molecular complexity index is 199. The maximum Gasteiger partial charge on any atom is 0.169 e. The van der Waals surface area contributed by atoms with Gasteiger partial charge in [0.25, 0.3) is 0 Å². The van der Waals surface area contributed by atoms with E-state index in [2.05, 4.69) is 11.0 Å². The van der Waals surface area contributed by atoms with Crippen molar-refractivity contribution in [1.29, 1.82) is 5.26 Å². The van der Waals surface area contributed by atoms with Crippen LogP contribution >= 0.6 is 0 Å². The first-order valence-corrected chi connectivity index (χ1v) is 4.96. The smallest absolute Gasteiger partial charge is 0.169 e. The zero-order chi connectivity index (χ0) is 10.4. The van der Waals surface area contributed by atoms with Crippen LogP contribution in [0.25, 0.3) is 0 Å². The van der Waals surface area contributed by atoms with E-state index in [1.807, 2.05) is 0 Å². The maximum atomic E-state index is 8.47. The van der Waals surface area contributed by atoms with Crippen molar-refractivity contribution in [2.75, 3.05) is 33.9 Å². The van der Waals surface area contributed by atoms with E-state index >= 15 is 0 Å². The molecule has 1 saturated heterocycles. The number of nitriles is 1. The highest BCUT2D eigenvalue weighted by atomic mass is 16.7. The zero-order valence-electron chi connectivity index (χ0n) is 8.95. The van der Waals surface area contributed by atoms with Gasteiger partial charge in [-0.2, -0.15) is 5.26 Å². The van der Waals surface area contributed by atoms with Crippen LogP contribution in [0.5, 0.6) is 0 Å². The lowest BCUT2D eigenvalue weighted by atomic mass is 10.0. The molecule has 0 aliphatic carbocycles. The molecule has 80 valence electrons. The summed E-state index contributed by atoms with van der Waals surface area (Å²) < 4.78 is 10.7. The fourth-order valence-corrected chi connectivity index (χ4v) is 1.82. The van der Waals surface area contributed by atoms with Crippen molar-refractivity contribution in [3.8, 4) is 6.07 Å². The second kappa shape index (κ2) is 5.30. The van der Waals surface area contributed by atoms with Gasteiger partial charge in [-0.15, -0.1) is 0 Å². The van der Waals surface area contributed by atoms with E-state index in [0.717, 1.165) is 32.5 Å². The Morgan fingerprint density at radius 2 is 1.86 bits per heavy atom. The monoisotopic (exact) mass is 198 g/mol. The van der Waals surface area contributed by atoms with Gasteiger partial charge in [-0.05, 0) is 0 Å². The van der Waals surface area contributed by atoms with Gasteiger partial charge in [-0.3, -0.25) is 0 Å². The van der Waals surface area contributed by atoms with Crippen molar-refractivity contribution in [1.82, 2.24) is 4.90 Å². The quantitative estimate of drug-likeness (QED) is 0.632. The summed E-state index contributed by atoms with van der Waals surface area (Å²) in [6, 6.07) is 2.16. The average molecular weight is 198 g/mol. The summed E-state index contributed by atoms with van der Waals surface area (Å²) in [7, 11) is 3.38. The number of methoxy groups -OCH3 is 2. The van der Waals surface area contributed by atoms with Gasteiger partial charge < -0.3 is 14.4 Å². The second-order valence-electron chi connectivity index (χ2n) is 3.57. The number of hydrogen-bond acceptors (Lipinski definition) is 4. The molecule has 4 heteroatoms. The Morgan fingerprint density at radius 1 is 1.29 bits per heavy atom. The number of nitrogens with zero attached hydrogens (tertiary/aromatic N) is 2. The Balaban J connectivity index is 2.34. The van der Waals surface area contributed by atoms with Crippen LogP contribution in [-0.2, 0) is 9.47 Å². The van der Waals surface area contributed by atoms with Gasteiger partial charge in [0, 0.05) is 53.1 Å². The molecule has 4 nitrogen and oxygen atoms in total. The first-order valence-electron chi connectivity index (χ1n) is 4.96. The molecule has 0 atom stereocenters. The molecule has 1 rings (SSSR count). The van der Waals surface area contributed by atoms with Crippen molar-refractivity contribution in [2.24, 2.45) is 0 Å². The normalized spacial score (nSPS) is 21.8. The molecular formula is C10H18N2O2. The standard InChI is InChI=1S/C10H18N2O2/c1-13-10(14-2)4-8-12(9-5-10)7-3-6-11/h3-5,7-9H2,1-2H3. The van der Waals surface area contributed by atoms with Gasteiger partial charge in [-0.25, -0.2) is 0 Å². The topological polar surface area (TPSA) is 45.5 Å². The molecule has 14 heavy (non-hydrogen) atoms. The van der Waals surface area contributed by atoms with E-state index in [1.54, 1.807) is 14.2 Å². The molecule has 1 aliphatic rings. The van der Waals surface area contributed by atoms with Crippen molar-refractivity contribution < 1.29 is 9.47 Å². The number of piperidine rings is 1. The molecule has 0 N–H and O–H groups in total. The van der Waals surface area contributed by atoms with E-state index in [-0.39, 0.29) is 5.79 Å². The molecule has 0 aromatic rings. The predicted octanol–water partition coefficient (Wildman–Crippen LogP) is 0.985. The van der Waals surface area contributed by atoms with E-state index in [4.69, 9.17) is 14.7 Å². The van der Waals surface area contributed by atoms with Crippen LogP contribution < -0.4 is 0 Å². The van der Waals surface area contributed by atoms with Crippen LogP contribution in [0.15, 0.2) is 0 Å². The lowest BCUT2D eigenvalue weighted by molar-refractivity contribution is -0.229.